The molecule has 1 aromatic heterocycles. The molecule has 1 aliphatic carbocycles. The van der Waals surface area contributed by atoms with Crippen LogP contribution in [0.4, 0.5) is 0 Å². The minimum Gasteiger partial charge on any atom is -0.381 e. The fourth-order valence-electron chi connectivity index (χ4n) is 2.51. The molecule has 1 saturated heterocycles. The molecule has 2 fully saturated rings. The van der Waals surface area contributed by atoms with Crippen molar-refractivity contribution in [2.75, 3.05) is 19.8 Å². The highest BCUT2D eigenvalue weighted by Crippen LogP contribution is 2.30. The van der Waals surface area contributed by atoms with Crippen LogP contribution in [0.15, 0.2) is 6.20 Å². The van der Waals surface area contributed by atoms with Gasteiger partial charge in [-0.3, -0.25) is 9.89 Å². The molecule has 1 unspecified atom stereocenters. The van der Waals surface area contributed by atoms with Crippen molar-refractivity contribution in [2.45, 2.75) is 32.2 Å². The van der Waals surface area contributed by atoms with Gasteiger partial charge in [0.2, 0.25) is 0 Å². The van der Waals surface area contributed by atoms with Crippen LogP contribution in [0.3, 0.4) is 0 Å². The third-order valence-corrected chi connectivity index (χ3v) is 3.79. The minimum atomic E-state index is 0.121. The van der Waals surface area contributed by atoms with Gasteiger partial charge in [-0.05, 0) is 26.2 Å². The summed E-state index contributed by atoms with van der Waals surface area (Å²) in [5.41, 5.74) is 1.56. The maximum Gasteiger partial charge on any atom is 0.257 e. The van der Waals surface area contributed by atoms with E-state index in [0.29, 0.717) is 17.5 Å². The summed E-state index contributed by atoms with van der Waals surface area (Å²) in [6.07, 6.45) is 4.98. The Hall–Kier alpha value is -1.36. The van der Waals surface area contributed by atoms with Gasteiger partial charge >= 0.3 is 0 Å². The second-order valence-electron chi connectivity index (χ2n) is 5.33. The zero-order valence-corrected chi connectivity index (χ0v) is 10.7. The van der Waals surface area contributed by atoms with Crippen LogP contribution in [0, 0.1) is 12.8 Å². The van der Waals surface area contributed by atoms with Crippen molar-refractivity contribution in [1.82, 2.24) is 15.1 Å². The maximum absolute atomic E-state index is 12.5. The molecular weight excluding hydrogens is 230 g/mol. The smallest absolute Gasteiger partial charge is 0.257 e. The van der Waals surface area contributed by atoms with E-state index in [0.717, 1.165) is 44.7 Å². The van der Waals surface area contributed by atoms with Gasteiger partial charge in [-0.25, -0.2) is 0 Å². The van der Waals surface area contributed by atoms with Crippen molar-refractivity contribution in [3.63, 3.8) is 0 Å². The molecule has 2 heterocycles. The molecule has 2 aliphatic rings. The summed E-state index contributed by atoms with van der Waals surface area (Å²) < 4.78 is 5.40. The van der Waals surface area contributed by atoms with Crippen LogP contribution in [-0.2, 0) is 4.74 Å². The van der Waals surface area contributed by atoms with E-state index in [1.165, 1.54) is 0 Å². The first-order valence-electron chi connectivity index (χ1n) is 6.64. The number of H-pyrrole nitrogens is 1. The van der Waals surface area contributed by atoms with Crippen molar-refractivity contribution in [3.8, 4) is 0 Å². The van der Waals surface area contributed by atoms with Gasteiger partial charge in [0.25, 0.3) is 5.91 Å². The quantitative estimate of drug-likeness (QED) is 0.876. The van der Waals surface area contributed by atoms with E-state index >= 15 is 0 Å². The molecule has 1 saturated carbocycles. The third kappa shape index (κ3) is 2.27. The topological polar surface area (TPSA) is 58.2 Å². The van der Waals surface area contributed by atoms with E-state index in [-0.39, 0.29) is 5.91 Å². The Kier molecular flexibility index (Phi) is 3.07. The van der Waals surface area contributed by atoms with Crippen LogP contribution in [0.1, 0.15) is 35.3 Å². The number of rotatable bonds is 4. The zero-order chi connectivity index (χ0) is 12.5. The van der Waals surface area contributed by atoms with E-state index in [4.69, 9.17) is 4.74 Å². The van der Waals surface area contributed by atoms with Crippen molar-refractivity contribution >= 4 is 5.91 Å². The van der Waals surface area contributed by atoms with Crippen LogP contribution in [0.2, 0.25) is 0 Å². The lowest BCUT2D eigenvalue weighted by atomic mass is 10.1. The first kappa shape index (κ1) is 11.7. The summed E-state index contributed by atoms with van der Waals surface area (Å²) in [7, 11) is 0. The molecule has 18 heavy (non-hydrogen) atoms. The average Bonchev–Trinajstić information content (AvgIpc) is 2.89. The number of amides is 1. The van der Waals surface area contributed by atoms with Crippen molar-refractivity contribution in [3.05, 3.63) is 17.5 Å². The van der Waals surface area contributed by atoms with Crippen LogP contribution >= 0.6 is 0 Å². The van der Waals surface area contributed by atoms with E-state index in [9.17, 15) is 4.79 Å². The number of hydrogen-bond acceptors (Lipinski definition) is 3. The van der Waals surface area contributed by atoms with Crippen LogP contribution < -0.4 is 0 Å². The SMILES string of the molecule is Cc1[nH]ncc1C(=O)N(CC1CCOC1)C1CC1. The normalized spacial score (nSPS) is 23.3. The van der Waals surface area contributed by atoms with E-state index in [1.807, 2.05) is 11.8 Å². The van der Waals surface area contributed by atoms with E-state index in [1.54, 1.807) is 6.20 Å². The fourth-order valence-corrected chi connectivity index (χ4v) is 2.51. The van der Waals surface area contributed by atoms with Crippen molar-refractivity contribution in [1.29, 1.82) is 0 Å². The number of hydrogen-bond donors (Lipinski definition) is 1. The molecule has 1 atom stereocenters. The molecular formula is C13H19N3O2. The summed E-state index contributed by atoms with van der Waals surface area (Å²) in [6, 6.07) is 0.437. The number of aromatic amines is 1. The molecule has 0 aromatic carbocycles. The number of carbonyl (C=O) groups is 1. The van der Waals surface area contributed by atoms with Crippen LogP contribution in [0.25, 0.3) is 0 Å². The van der Waals surface area contributed by atoms with Crippen LogP contribution in [-0.4, -0.2) is 46.8 Å². The molecule has 5 nitrogen and oxygen atoms in total. The molecule has 0 spiro atoms. The van der Waals surface area contributed by atoms with Gasteiger partial charge in [-0.1, -0.05) is 0 Å². The second-order valence-corrected chi connectivity index (χ2v) is 5.33. The predicted octanol–water partition coefficient (Wildman–Crippen LogP) is 1.36. The monoisotopic (exact) mass is 249 g/mol. The van der Waals surface area contributed by atoms with Gasteiger partial charge in [0.05, 0.1) is 18.4 Å². The number of ether oxygens (including phenoxy) is 1. The largest absolute Gasteiger partial charge is 0.381 e. The first-order chi connectivity index (χ1) is 8.75. The van der Waals surface area contributed by atoms with Gasteiger partial charge in [-0.2, -0.15) is 5.10 Å². The Morgan fingerprint density at radius 1 is 1.56 bits per heavy atom. The second kappa shape index (κ2) is 4.72. The van der Waals surface area contributed by atoms with Gasteiger partial charge in [0.15, 0.2) is 0 Å². The highest BCUT2D eigenvalue weighted by molar-refractivity contribution is 5.95. The molecule has 1 aliphatic heterocycles. The zero-order valence-electron chi connectivity index (χ0n) is 10.7. The summed E-state index contributed by atoms with van der Waals surface area (Å²) in [6.45, 7) is 4.35. The van der Waals surface area contributed by atoms with Gasteiger partial charge < -0.3 is 9.64 Å². The first-order valence-corrected chi connectivity index (χ1v) is 6.64. The summed E-state index contributed by atoms with van der Waals surface area (Å²) in [5, 5.41) is 6.77. The summed E-state index contributed by atoms with van der Waals surface area (Å²) in [5.74, 6) is 0.623. The fraction of sp³-hybridized carbons (Fsp3) is 0.692. The molecule has 98 valence electrons. The Morgan fingerprint density at radius 2 is 2.39 bits per heavy atom. The minimum absolute atomic E-state index is 0.121. The van der Waals surface area contributed by atoms with Gasteiger partial charge in [0, 0.05) is 30.8 Å². The van der Waals surface area contributed by atoms with E-state index in [2.05, 4.69) is 10.2 Å². The highest BCUT2D eigenvalue weighted by Gasteiger charge is 2.35. The average molecular weight is 249 g/mol. The molecule has 0 bridgehead atoms. The lowest BCUT2D eigenvalue weighted by molar-refractivity contribution is 0.0705. The van der Waals surface area contributed by atoms with Crippen LogP contribution in [0.5, 0.6) is 0 Å². The van der Waals surface area contributed by atoms with Crippen molar-refractivity contribution in [2.24, 2.45) is 5.92 Å². The summed E-state index contributed by atoms with van der Waals surface area (Å²) >= 11 is 0. The molecule has 1 amide bonds. The predicted molar refractivity (Wildman–Crippen MR) is 66.3 cm³/mol. The number of nitrogens with one attached hydrogen (secondary N) is 1. The lowest BCUT2D eigenvalue weighted by Gasteiger charge is -2.25. The standard InChI is InChI=1S/C13H19N3O2/c1-9-12(6-14-15-9)13(17)16(11-2-3-11)7-10-4-5-18-8-10/h6,10-11H,2-5,7-8H2,1H3,(H,14,15). The van der Waals surface area contributed by atoms with Gasteiger partial charge in [-0.15, -0.1) is 0 Å². The maximum atomic E-state index is 12.5. The number of aryl methyl sites for hydroxylation is 1. The Morgan fingerprint density at radius 3 is 2.94 bits per heavy atom. The molecule has 5 heteroatoms. The van der Waals surface area contributed by atoms with Gasteiger partial charge in [0.1, 0.15) is 0 Å². The number of nitrogens with zero attached hydrogens (tertiary/aromatic N) is 2. The molecule has 1 aromatic rings. The Labute approximate surface area is 107 Å². The molecule has 1 N–H and O–H groups in total. The molecule has 3 rings (SSSR count). The lowest BCUT2D eigenvalue weighted by Crippen LogP contribution is -2.37. The third-order valence-electron chi connectivity index (χ3n) is 3.79. The molecule has 0 radical (unpaired) electrons. The van der Waals surface area contributed by atoms with E-state index < -0.39 is 0 Å². The Balaban J connectivity index is 1.73. The number of carbonyl (C=O) groups excluding carboxylic acids is 1. The van der Waals surface area contributed by atoms with Crippen molar-refractivity contribution < 1.29 is 9.53 Å². The Bertz CT molecular complexity index is 433. The summed E-state index contributed by atoms with van der Waals surface area (Å²) in [4.78, 5) is 14.5. The highest BCUT2D eigenvalue weighted by atomic mass is 16.5. The number of aromatic nitrogens is 2.